The molecule has 0 fully saturated rings. The summed E-state index contributed by atoms with van der Waals surface area (Å²) in [6.45, 7) is 1.60. The molecule has 0 aromatic heterocycles. The van der Waals surface area contributed by atoms with Crippen LogP contribution in [0.4, 0.5) is 0 Å². The van der Waals surface area contributed by atoms with Crippen LogP contribution in [0, 0.1) is 10.1 Å². The molecule has 0 radical (unpaired) electrons. The molecule has 0 rings (SSSR count). The number of nitro groups is 1. The van der Waals surface area contributed by atoms with Gasteiger partial charge < -0.3 is 5.73 Å². The Kier molecular flexibility index (Phi) is 3.95. The van der Waals surface area contributed by atoms with E-state index in [0.29, 0.717) is 5.70 Å². The van der Waals surface area contributed by atoms with Gasteiger partial charge in [0.2, 0.25) is 6.54 Å². The molecule has 10 heavy (non-hydrogen) atoms. The molecule has 2 N–H and O–H groups in total. The van der Waals surface area contributed by atoms with Crippen LogP contribution in [-0.2, 0) is 0 Å². The topological polar surface area (TPSA) is 69.2 Å². The molecular weight excluding hydrogens is 132 g/mol. The molecule has 0 heterocycles. The second-order valence-corrected chi connectivity index (χ2v) is 1.71. The Labute approximate surface area is 59.2 Å². The molecule has 0 bridgehead atoms. The van der Waals surface area contributed by atoms with E-state index in [9.17, 15) is 10.1 Å². The van der Waals surface area contributed by atoms with Gasteiger partial charge in [-0.1, -0.05) is 6.08 Å². The Balaban J connectivity index is 3.67. The average Bonchev–Trinajstić information content (AvgIpc) is 1.87. The molecule has 4 nitrogen and oxygen atoms in total. The van der Waals surface area contributed by atoms with Gasteiger partial charge in [-0.15, -0.1) is 0 Å². The van der Waals surface area contributed by atoms with Crippen LogP contribution in [-0.4, -0.2) is 11.5 Å². The first kappa shape index (κ1) is 8.68. The maximum atomic E-state index is 9.76. The molecule has 0 unspecified atom stereocenters. The molecule has 0 aliphatic carbocycles. The SMILES string of the molecule is C/C=C(N)\C=C/C[N+](=O)[O-]. The van der Waals surface area contributed by atoms with E-state index in [0.717, 1.165) is 0 Å². The summed E-state index contributed by atoms with van der Waals surface area (Å²) in [5.74, 6) is 0. The molecule has 56 valence electrons. The summed E-state index contributed by atoms with van der Waals surface area (Å²) in [5, 5.41) is 9.76. The highest BCUT2D eigenvalue weighted by molar-refractivity contribution is 5.13. The number of rotatable bonds is 3. The summed E-state index contributed by atoms with van der Waals surface area (Å²) in [6.07, 6.45) is 4.61. The summed E-state index contributed by atoms with van der Waals surface area (Å²) in [5.41, 5.74) is 5.85. The molecule has 0 aromatic carbocycles. The van der Waals surface area contributed by atoms with E-state index < -0.39 is 4.92 Å². The predicted molar refractivity (Wildman–Crippen MR) is 38.9 cm³/mol. The summed E-state index contributed by atoms with van der Waals surface area (Å²) in [6, 6.07) is 0. The van der Waals surface area contributed by atoms with Crippen molar-refractivity contribution in [2.24, 2.45) is 5.73 Å². The van der Waals surface area contributed by atoms with E-state index in [1.165, 1.54) is 12.2 Å². The summed E-state index contributed by atoms with van der Waals surface area (Å²) >= 11 is 0. The van der Waals surface area contributed by atoms with Gasteiger partial charge in [0.15, 0.2) is 0 Å². The van der Waals surface area contributed by atoms with Gasteiger partial charge in [0.25, 0.3) is 0 Å². The van der Waals surface area contributed by atoms with Crippen molar-refractivity contribution >= 4 is 0 Å². The van der Waals surface area contributed by atoms with Gasteiger partial charge in [0, 0.05) is 10.6 Å². The molecule has 4 heteroatoms. The number of hydrogen-bond acceptors (Lipinski definition) is 3. The second-order valence-electron chi connectivity index (χ2n) is 1.71. The van der Waals surface area contributed by atoms with Gasteiger partial charge in [-0.2, -0.15) is 0 Å². The number of allylic oxidation sites excluding steroid dienone is 2. The van der Waals surface area contributed by atoms with Gasteiger partial charge in [-0.25, -0.2) is 0 Å². The molecule has 0 aliphatic heterocycles. The molecular formula is C6H10N2O2. The van der Waals surface area contributed by atoms with E-state index >= 15 is 0 Å². The third-order valence-electron chi connectivity index (χ3n) is 0.898. The monoisotopic (exact) mass is 142 g/mol. The minimum absolute atomic E-state index is 0.172. The van der Waals surface area contributed by atoms with Crippen molar-refractivity contribution in [2.45, 2.75) is 6.92 Å². The largest absolute Gasteiger partial charge is 0.399 e. The minimum atomic E-state index is -0.417. The van der Waals surface area contributed by atoms with Crippen molar-refractivity contribution in [2.75, 3.05) is 6.54 Å². The lowest BCUT2D eigenvalue weighted by molar-refractivity contribution is -0.468. The Morgan fingerprint density at radius 1 is 1.80 bits per heavy atom. The van der Waals surface area contributed by atoms with Crippen LogP contribution < -0.4 is 5.73 Å². The standard InChI is InChI=1S/C6H10N2O2/c1-2-6(7)4-3-5-8(9)10/h2-4H,5,7H2,1H3/b4-3-,6-2+. The van der Waals surface area contributed by atoms with E-state index in [4.69, 9.17) is 5.73 Å². The lowest BCUT2D eigenvalue weighted by atomic mass is 10.4. The van der Waals surface area contributed by atoms with Crippen LogP contribution in [0.5, 0.6) is 0 Å². The molecule has 0 saturated carbocycles. The van der Waals surface area contributed by atoms with Crippen LogP contribution in [0.15, 0.2) is 23.9 Å². The fourth-order valence-corrected chi connectivity index (χ4v) is 0.371. The average molecular weight is 142 g/mol. The van der Waals surface area contributed by atoms with Crippen molar-refractivity contribution in [3.05, 3.63) is 34.0 Å². The zero-order chi connectivity index (χ0) is 7.98. The molecule has 0 atom stereocenters. The smallest absolute Gasteiger partial charge is 0.222 e. The predicted octanol–water partition coefficient (Wildman–Crippen LogP) is 0.682. The lowest BCUT2D eigenvalue weighted by Crippen LogP contribution is -1.97. The van der Waals surface area contributed by atoms with Crippen LogP contribution in [0.2, 0.25) is 0 Å². The fraction of sp³-hybridized carbons (Fsp3) is 0.333. The Morgan fingerprint density at radius 3 is 2.80 bits per heavy atom. The summed E-state index contributed by atoms with van der Waals surface area (Å²) in [7, 11) is 0. The van der Waals surface area contributed by atoms with Gasteiger partial charge in [0.05, 0.1) is 0 Å². The molecule has 0 aromatic rings. The molecule has 0 aliphatic rings. The van der Waals surface area contributed by atoms with Crippen molar-refractivity contribution in [1.29, 1.82) is 0 Å². The minimum Gasteiger partial charge on any atom is -0.399 e. The maximum Gasteiger partial charge on any atom is 0.222 e. The zero-order valence-corrected chi connectivity index (χ0v) is 5.78. The third-order valence-corrected chi connectivity index (χ3v) is 0.898. The van der Waals surface area contributed by atoms with E-state index in [-0.39, 0.29) is 6.54 Å². The highest BCUT2D eigenvalue weighted by Crippen LogP contribution is 1.84. The van der Waals surface area contributed by atoms with Gasteiger partial charge in [0.1, 0.15) is 0 Å². The highest BCUT2D eigenvalue weighted by atomic mass is 16.6. The Hall–Kier alpha value is -1.32. The van der Waals surface area contributed by atoms with Crippen molar-refractivity contribution in [1.82, 2.24) is 0 Å². The van der Waals surface area contributed by atoms with Crippen LogP contribution in [0.3, 0.4) is 0 Å². The highest BCUT2D eigenvalue weighted by Gasteiger charge is 1.86. The summed E-state index contributed by atoms with van der Waals surface area (Å²) < 4.78 is 0. The van der Waals surface area contributed by atoms with Crippen molar-refractivity contribution in [3.8, 4) is 0 Å². The third kappa shape index (κ3) is 4.83. The Morgan fingerprint density at radius 2 is 2.40 bits per heavy atom. The van der Waals surface area contributed by atoms with Gasteiger partial charge >= 0.3 is 0 Å². The first-order chi connectivity index (χ1) is 4.66. The number of nitrogens with zero attached hydrogens (tertiary/aromatic N) is 1. The number of nitrogens with two attached hydrogens (primary N) is 1. The quantitative estimate of drug-likeness (QED) is 0.358. The van der Waals surface area contributed by atoms with Crippen molar-refractivity contribution < 1.29 is 4.92 Å². The van der Waals surface area contributed by atoms with Crippen LogP contribution >= 0.6 is 0 Å². The number of hydrogen-bond donors (Lipinski definition) is 1. The fourth-order valence-electron chi connectivity index (χ4n) is 0.371. The van der Waals surface area contributed by atoms with Crippen LogP contribution in [0.25, 0.3) is 0 Å². The first-order valence-electron chi connectivity index (χ1n) is 2.87. The second kappa shape index (κ2) is 4.55. The molecule has 0 amide bonds. The Bertz CT molecular complexity index is 173. The zero-order valence-electron chi connectivity index (χ0n) is 5.78. The maximum absolute atomic E-state index is 9.76. The molecule has 0 saturated heterocycles. The van der Waals surface area contributed by atoms with E-state index in [1.807, 2.05) is 0 Å². The van der Waals surface area contributed by atoms with Crippen molar-refractivity contribution in [3.63, 3.8) is 0 Å². The van der Waals surface area contributed by atoms with E-state index in [2.05, 4.69) is 0 Å². The normalized spacial score (nSPS) is 12.3. The lowest BCUT2D eigenvalue weighted by Gasteiger charge is -1.86. The van der Waals surface area contributed by atoms with Crippen LogP contribution in [0.1, 0.15) is 6.92 Å². The van der Waals surface area contributed by atoms with Gasteiger partial charge in [-0.05, 0) is 19.1 Å². The van der Waals surface area contributed by atoms with E-state index in [1.54, 1.807) is 13.0 Å². The molecule has 0 spiro atoms. The summed E-state index contributed by atoms with van der Waals surface area (Å²) in [4.78, 5) is 9.35. The first-order valence-corrected chi connectivity index (χ1v) is 2.87. The van der Waals surface area contributed by atoms with Gasteiger partial charge in [-0.3, -0.25) is 10.1 Å².